The second kappa shape index (κ2) is 7.45. The average Bonchev–Trinajstić information content (AvgIpc) is 3.13. The summed E-state index contributed by atoms with van der Waals surface area (Å²) < 4.78 is 1.56. The van der Waals surface area contributed by atoms with E-state index in [0.717, 1.165) is 37.3 Å². The summed E-state index contributed by atoms with van der Waals surface area (Å²) in [7, 11) is 1.74. The van der Waals surface area contributed by atoms with Crippen LogP contribution < -0.4 is 16.0 Å². The van der Waals surface area contributed by atoms with Crippen molar-refractivity contribution in [2.75, 3.05) is 25.0 Å². The number of aromatic nitrogens is 2. The maximum atomic E-state index is 13.1. The van der Waals surface area contributed by atoms with Crippen molar-refractivity contribution in [2.24, 2.45) is 13.0 Å². The summed E-state index contributed by atoms with van der Waals surface area (Å²) in [5.74, 6) is -0.608. The highest BCUT2D eigenvalue weighted by atomic mass is 16.2. The highest BCUT2D eigenvalue weighted by Crippen LogP contribution is 2.35. The van der Waals surface area contributed by atoms with Crippen LogP contribution in [0.25, 0.3) is 0 Å². The van der Waals surface area contributed by atoms with Crippen LogP contribution in [-0.4, -0.2) is 57.7 Å². The Balaban J connectivity index is 1.72. The Hall–Kier alpha value is -2.42. The summed E-state index contributed by atoms with van der Waals surface area (Å²) in [4.78, 5) is 39.0. The summed E-state index contributed by atoms with van der Waals surface area (Å²) in [5, 5.41) is 12.9. The van der Waals surface area contributed by atoms with Crippen molar-refractivity contribution in [3.8, 4) is 0 Å². The van der Waals surface area contributed by atoms with Gasteiger partial charge in [-0.2, -0.15) is 5.10 Å². The molecule has 0 aromatic carbocycles. The van der Waals surface area contributed by atoms with E-state index in [1.807, 2.05) is 6.92 Å². The van der Waals surface area contributed by atoms with Gasteiger partial charge in [-0.25, -0.2) is 4.79 Å². The van der Waals surface area contributed by atoms with Gasteiger partial charge in [0, 0.05) is 13.2 Å². The fourth-order valence-electron chi connectivity index (χ4n) is 3.98. The topological polar surface area (TPSA) is 108 Å². The average molecular weight is 362 g/mol. The van der Waals surface area contributed by atoms with Crippen LogP contribution in [0, 0.1) is 5.92 Å². The lowest BCUT2D eigenvalue weighted by Gasteiger charge is -2.37. The van der Waals surface area contributed by atoms with Gasteiger partial charge in [-0.1, -0.05) is 13.3 Å². The molecule has 9 nitrogen and oxygen atoms in total. The fourth-order valence-corrected chi connectivity index (χ4v) is 3.98. The van der Waals surface area contributed by atoms with Crippen LogP contribution in [0.5, 0.6) is 0 Å². The van der Waals surface area contributed by atoms with Gasteiger partial charge in [0.1, 0.15) is 12.1 Å². The van der Waals surface area contributed by atoms with E-state index in [4.69, 9.17) is 0 Å². The molecule has 1 aromatic rings. The molecule has 2 saturated heterocycles. The predicted octanol–water partition coefficient (Wildman–Crippen LogP) is 0.449. The first kappa shape index (κ1) is 18.4. The van der Waals surface area contributed by atoms with E-state index in [1.54, 1.807) is 17.9 Å². The maximum Gasteiger partial charge on any atom is 0.325 e. The van der Waals surface area contributed by atoms with Gasteiger partial charge in [-0.3, -0.25) is 19.2 Å². The van der Waals surface area contributed by atoms with E-state index in [0.29, 0.717) is 12.1 Å². The first-order chi connectivity index (χ1) is 12.5. The van der Waals surface area contributed by atoms with Gasteiger partial charge in [0.2, 0.25) is 5.91 Å². The van der Waals surface area contributed by atoms with Crippen molar-refractivity contribution in [1.29, 1.82) is 0 Å². The van der Waals surface area contributed by atoms with Crippen LogP contribution in [0.15, 0.2) is 12.4 Å². The minimum Gasteiger partial charge on any atom is -0.323 e. The van der Waals surface area contributed by atoms with E-state index in [-0.39, 0.29) is 18.4 Å². The number of rotatable bonds is 6. The minimum absolute atomic E-state index is 0.0894. The normalized spacial score (nSPS) is 24.0. The Morgan fingerprint density at radius 2 is 2.12 bits per heavy atom. The number of nitrogens with zero attached hydrogens (tertiary/aromatic N) is 3. The molecule has 2 aliphatic rings. The molecule has 0 saturated carbocycles. The van der Waals surface area contributed by atoms with Crippen LogP contribution in [0.4, 0.5) is 10.5 Å². The van der Waals surface area contributed by atoms with E-state index in [1.165, 1.54) is 6.20 Å². The number of amides is 4. The Kier molecular flexibility index (Phi) is 5.26. The number of nitrogens with one attached hydrogen (secondary N) is 3. The molecule has 142 valence electrons. The molecule has 0 spiro atoms. The first-order valence-corrected chi connectivity index (χ1v) is 9.09. The standard InChI is InChI=1S/C17H26N6O3/c1-3-6-17(12-4-7-18-8-5-12)15(25)23(16(26)21-17)11-14(24)20-13-9-19-22(2)10-13/h9-10,12,18H,3-8,11H2,1-2H3,(H,20,24)(H,21,26). The van der Waals surface area contributed by atoms with E-state index in [9.17, 15) is 14.4 Å². The summed E-state index contributed by atoms with van der Waals surface area (Å²) in [6.07, 6.45) is 6.21. The third-order valence-electron chi connectivity index (χ3n) is 5.17. The number of aryl methyl sites for hydroxylation is 1. The summed E-state index contributed by atoms with van der Waals surface area (Å²) >= 11 is 0. The number of carbonyl (C=O) groups is 3. The van der Waals surface area contributed by atoms with Crippen molar-refractivity contribution < 1.29 is 14.4 Å². The predicted molar refractivity (Wildman–Crippen MR) is 95.3 cm³/mol. The van der Waals surface area contributed by atoms with Crippen LogP contribution in [0.3, 0.4) is 0 Å². The molecular formula is C17H26N6O3. The Bertz CT molecular complexity index is 696. The van der Waals surface area contributed by atoms with Gasteiger partial charge < -0.3 is 16.0 Å². The van der Waals surface area contributed by atoms with Crippen molar-refractivity contribution >= 4 is 23.5 Å². The monoisotopic (exact) mass is 362 g/mol. The summed E-state index contributed by atoms with van der Waals surface area (Å²) in [6.45, 7) is 3.37. The molecule has 3 rings (SSSR count). The number of imide groups is 1. The molecular weight excluding hydrogens is 336 g/mol. The van der Waals surface area contributed by atoms with Crippen LogP contribution >= 0.6 is 0 Å². The van der Waals surface area contributed by atoms with E-state index in [2.05, 4.69) is 21.0 Å². The van der Waals surface area contributed by atoms with Crippen LogP contribution in [0.1, 0.15) is 32.6 Å². The molecule has 1 atom stereocenters. The molecule has 1 unspecified atom stereocenters. The zero-order valence-corrected chi connectivity index (χ0v) is 15.2. The minimum atomic E-state index is -0.886. The van der Waals surface area contributed by atoms with Crippen molar-refractivity contribution in [3.05, 3.63) is 12.4 Å². The van der Waals surface area contributed by atoms with Gasteiger partial charge in [-0.15, -0.1) is 0 Å². The van der Waals surface area contributed by atoms with Crippen molar-refractivity contribution in [2.45, 2.75) is 38.1 Å². The molecule has 9 heteroatoms. The highest BCUT2D eigenvalue weighted by molar-refractivity contribution is 6.10. The quantitative estimate of drug-likeness (QED) is 0.637. The number of hydrogen-bond acceptors (Lipinski definition) is 5. The zero-order valence-electron chi connectivity index (χ0n) is 15.2. The zero-order chi connectivity index (χ0) is 18.7. The molecule has 2 aliphatic heterocycles. The summed E-state index contributed by atoms with van der Waals surface area (Å²) in [6, 6.07) is -0.483. The lowest BCUT2D eigenvalue weighted by Crippen LogP contribution is -2.55. The Labute approximate surface area is 152 Å². The number of carbonyl (C=O) groups excluding carboxylic acids is 3. The largest absolute Gasteiger partial charge is 0.325 e. The molecule has 0 radical (unpaired) electrons. The van der Waals surface area contributed by atoms with Crippen molar-refractivity contribution in [3.63, 3.8) is 0 Å². The Morgan fingerprint density at radius 3 is 2.73 bits per heavy atom. The third-order valence-corrected chi connectivity index (χ3v) is 5.17. The number of anilines is 1. The van der Waals surface area contributed by atoms with Crippen LogP contribution in [-0.2, 0) is 16.6 Å². The second-order valence-corrected chi connectivity index (χ2v) is 7.02. The summed E-state index contributed by atoms with van der Waals surface area (Å²) in [5.41, 5.74) is -0.356. The van der Waals surface area contributed by atoms with Gasteiger partial charge in [0.15, 0.2) is 0 Å². The van der Waals surface area contributed by atoms with Gasteiger partial charge >= 0.3 is 6.03 Å². The molecule has 26 heavy (non-hydrogen) atoms. The molecule has 3 N–H and O–H groups in total. The highest BCUT2D eigenvalue weighted by Gasteiger charge is 2.55. The molecule has 0 aliphatic carbocycles. The fraction of sp³-hybridized carbons (Fsp3) is 0.647. The third kappa shape index (κ3) is 3.44. The second-order valence-electron chi connectivity index (χ2n) is 7.02. The van der Waals surface area contributed by atoms with Crippen molar-refractivity contribution in [1.82, 2.24) is 25.3 Å². The van der Waals surface area contributed by atoms with Gasteiger partial charge in [-0.05, 0) is 38.3 Å². The number of urea groups is 1. The number of piperidine rings is 1. The van der Waals surface area contributed by atoms with Gasteiger partial charge in [0.25, 0.3) is 5.91 Å². The molecule has 2 fully saturated rings. The molecule has 0 bridgehead atoms. The first-order valence-electron chi connectivity index (χ1n) is 9.09. The smallest absolute Gasteiger partial charge is 0.323 e. The molecule has 1 aromatic heterocycles. The number of hydrogen-bond donors (Lipinski definition) is 3. The molecule has 4 amide bonds. The maximum absolute atomic E-state index is 13.1. The lowest BCUT2D eigenvalue weighted by atomic mass is 9.75. The molecule has 3 heterocycles. The van der Waals surface area contributed by atoms with E-state index >= 15 is 0 Å². The van der Waals surface area contributed by atoms with Crippen LogP contribution in [0.2, 0.25) is 0 Å². The van der Waals surface area contributed by atoms with Gasteiger partial charge in [0.05, 0.1) is 11.9 Å². The SMILES string of the molecule is CCCC1(C2CCNCC2)NC(=O)N(CC(=O)Nc2cnn(C)c2)C1=O. The van der Waals surface area contributed by atoms with E-state index < -0.39 is 17.5 Å². The Morgan fingerprint density at radius 1 is 1.38 bits per heavy atom. The lowest BCUT2D eigenvalue weighted by molar-refractivity contribution is -0.136.